The number of hydrogen-bond acceptors (Lipinski definition) is 5. The summed E-state index contributed by atoms with van der Waals surface area (Å²) in [6.45, 7) is 9.95. The van der Waals surface area contributed by atoms with Gasteiger partial charge in [0.25, 0.3) is 0 Å². The van der Waals surface area contributed by atoms with Gasteiger partial charge in [0.1, 0.15) is 17.4 Å². The zero-order chi connectivity index (χ0) is 19.6. The van der Waals surface area contributed by atoms with Gasteiger partial charge in [-0.1, -0.05) is 0 Å². The molecule has 0 radical (unpaired) electrons. The normalized spacial score (nSPS) is 12.2. The first-order valence-electron chi connectivity index (χ1n) is 8.32. The number of carbonyl (C=O) groups is 1. The topological polar surface area (TPSA) is 108 Å². The second-order valence-corrected chi connectivity index (χ2v) is 7.04. The lowest BCUT2D eigenvalue weighted by Gasteiger charge is -2.14. The van der Waals surface area contributed by atoms with E-state index in [1.54, 1.807) is 20.8 Å². The summed E-state index contributed by atoms with van der Waals surface area (Å²) in [6.07, 6.45) is 0.726. The Balaban J connectivity index is 1.93. The molecule has 10 heteroatoms. The third-order valence-electron chi connectivity index (χ3n) is 4.35. The highest BCUT2D eigenvalue weighted by Crippen LogP contribution is 2.24. The summed E-state index contributed by atoms with van der Waals surface area (Å²) in [5.74, 6) is -0.222. The maximum Gasteiger partial charge on any atom is 0.312 e. The maximum atomic E-state index is 12.4. The molecule has 0 spiro atoms. The van der Waals surface area contributed by atoms with E-state index in [0.29, 0.717) is 24.5 Å². The van der Waals surface area contributed by atoms with Crippen molar-refractivity contribution < 1.29 is 9.72 Å². The highest BCUT2D eigenvalue weighted by atomic mass is 79.9. The van der Waals surface area contributed by atoms with Crippen molar-refractivity contribution in [3.8, 4) is 0 Å². The molecule has 0 saturated carbocycles. The average molecular weight is 427 g/mol. The van der Waals surface area contributed by atoms with Crippen LogP contribution in [0, 0.1) is 37.8 Å². The van der Waals surface area contributed by atoms with Crippen LogP contribution < -0.4 is 5.32 Å². The summed E-state index contributed by atoms with van der Waals surface area (Å²) in [5.41, 5.74) is 2.63. The second kappa shape index (κ2) is 7.98. The number of halogens is 1. The molecule has 1 N–H and O–H groups in total. The fraction of sp³-hybridized carbons (Fsp3) is 0.562. The van der Waals surface area contributed by atoms with Crippen LogP contribution in [0.4, 0.5) is 5.69 Å². The lowest BCUT2D eigenvalue weighted by molar-refractivity contribution is -0.386. The van der Waals surface area contributed by atoms with Crippen molar-refractivity contribution in [3.05, 3.63) is 37.4 Å². The van der Waals surface area contributed by atoms with Gasteiger partial charge in [0.05, 0.1) is 15.1 Å². The van der Waals surface area contributed by atoms with Gasteiger partial charge in [0, 0.05) is 18.8 Å². The van der Waals surface area contributed by atoms with Gasteiger partial charge in [-0.25, -0.2) is 0 Å². The van der Waals surface area contributed by atoms with E-state index < -0.39 is 11.0 Å². The Hall–Kier alpha value is -2.23. The lowest BCUT2D eigenvalue weighted by atomic mass is 10.2. The molecular weight excluding hydrogens is 404 g/mol. The summed E-state index contributed by atoms with van der Waals surface area (Å²) in [4.78, 5) is 23.0. The largest absolute Gasteiger partial charge is 0.354 e. The molecule has 1 atom stereocenters. The van der Waals surface area contributed by atoms with Crippen LogP contribution in [-0.4, -0.2) is 36.9 Å². The van der Waals surface area contributed by atoms with Crippen LogP contribution in [0.5, 0.6) is 0 Å². The number of carbonyl (C=O) groups excluding carboxylic acids is 1. The molecule has 2 aromatic heterocycles. The Kier molecular flexibility index (Phi) is 6.17. The first kappa shape index (κ1) is 20.1. The minimum atomic E-state index is -0.620. The van der Waals surface area contributed by atoms with Crippen molar-refractivity contribution in [1.82, 2.24) is 24.9 Å². The summed E-state index contributed by atoms with van der Waals surface area (Å²) in [6, 6.07) is -0.620. The van der Waals surface area contributed by atoms with Crippen LogP contribution in [0.25, 0.3) is 0 Å². The van der Waals surface area contributed by atoms with Crippen LogP contribution in [-0.2, 0) is 11.3 Å². The summed E-state index contributed by atoms with van der Waals surface area (Å²) >= 11 is 3.49. The fourth-order valence-electron chi connectivity index (χ4n) is 2.89. The van der Waals surface area contributed by atoms with Crippen molar-refractivity contribution in [2.24, 2.45) is 0 Å². The van der Waals surface area contributed by atoms with Gasteiger partial charge in [0.2, 0.25) is 5.91 Å². The molecule has 0 saturated heterocycles. The molecule has 2 heterocycles. The zero-order valence-corrected chi connectivity index (χ0v) is 17.1. The van der Waals surface area contributed by atoms with E-state index in [-0.39, 0.29) is 11.6 Å². The van der Waals surface area contributed by atoms with Gasteiger partial charge in [-0.05, 0) is 57.0 Å². The molecule has 2 rings (SSSR count). The Morgan fingerprint density at radius 1 is 1.23 bits per heavy atom. The van der Waals surface area contributed by atoms with E-state index in [1.165, 1.54) is 4.68 Å². The smallest absolute Gasteiger partial charge is 0.312 e. The van der Waals surface area contributed by atoms with Crippen molar-refractivity contribution in [2.45, 2.75) is 53.6 Å². The van der Waals surface area contributed by atoms with Gasteiger partial charge in [0.15, 0.2) is 0 Å². The van der Waals surface area contributed by atoms with Crippen molar-refractivity contribution in [1.29, 1.82) is 0 Å². The Morgan fingerprint density at radius 2 is 1.88 bits per heavy atom. The van der Waals surface area contributed by atoms with E-state index in [9.17, 15) is 14.9 Å². The quantitative estimate of drug-likeness (QED) is 0.415. The summed E-state index contributed by atoms with van der Waals surface area (Å²) in [5, 5.41) is 22.5. The van der Waals surface area contributed by atoms with Crippen LogP contribution in [0.1, 0.15) is 42.2 Å². The highest BCUT2D eigenvalue weighted by Gasteiger charge is 2.26. The van der Waals surface area contributed by atoms with E-state index in [0.717, 1.165) is 22.3 Å². The third-order valence-corrected chi connectivity index (χ3v) is 5.50. The SMILES string of the molecule is Cc1nn(CCCNC(=O)C(C)n2nc(C)c([N+](=O)[O-])c2C)c(C)c1Br. The van der Waals surface area contributed by atoms with E-state index in [1.807, 2.05) is 18.5 Å². The molecule has 0 aromatic carbocycles. The van der Waals surface area contributed by atoms with Crippen molar-refractivity contribution in [2.75, 3.05) is 6.54 Å². The number of nitrogens with zero attached hydrogens (tertiary/aromatic N) is 5. The highest BCUT2D eigenvalue weighted by molar-refractivity contribution is 9.10. The van der Waals surface area contributed by atoms with Gasteiger partial charge in [-0.2, -0.15) is 10.2 Å². The van der Waals surface area contributed by atoms with E-state index in [4.69, 9.17) is 0 Å². The minimum absolute atomic E-state index is 0.0419. The molecule has 1 amide bonds. The molecule has 9 nitrogen and oxygen atoms in total. The maximum absolute atomic E-state index is 12.4. The Morgan fingerprint density at radius 3 is 2.38 bits per heavy atom. The zero-order valence-electron chi connectivity index (χ0n) is 15.5. The third kappa shape index (κ3) is 3.95. The van der Waals surface area contributed by atoms with Gasteiger partial charge >= 0.3 is 5.69 Å². The minimum Gasteiger partial charge on any atom is -0.354 e. The lowest BCUT2D eigenvalue weighted by Crippen LogP contribution is -2.33. The number of aryl methyl sites for hydroxylation is 3. The molecule has 0 aliphatic heterocycles. The molecule has 26 heavy (non-hydrogen) atoms. The number of nitro groups is 1. The van der Waals surface area contributed by atoms with Crippen LogP contribution in [0.2, 0.25) is 0 Å². The molecule has 1 unspecified atom stereocenters. The molecule has 0 aliphatic rings. The fourth-order valence-corrected chi connectivity index (χ4v) is 3.17. The summed E-state index contributed by atoms with van der Waals surface area (Å²) in [7, 11) is 0. The van der Waals surface area contributed by atoms with Crippen LogP contribution >= 0.6 is 15.9 Å². The van der Waals surface area contributed by atoms with Crippen molar-refractivity contribution in [3.63, 3.8) is 0 Å². The Labute approximate surface area is 160 Å². The standard InChI is InChI=1S/C16H23BrN6O3/c1-9-14(17)11(3)21(19-9)8-6-7-18-16(24)13(5)22-12(4)15(23(25)26)10(2)20-22/h13H,6-8H2,1-5H3,(H,18,24). The van der Waals surface area contributed by atoms with E-state index in [2.05, 4.69) is 31.4 Å². The van der Waals surface area contributed by atoms with Gasteiger partial charge in [-0.15, -0.1) is 0 Å². The molecule has 142 valence electrons. The summed E-state index contributed by atoms with van der Waals surface area (Å²) < 4.78 is 4.31. The number of nitrogens with one attached hydrogen (secondary N) is 1. The molecular formula is C16H23BrN6O3. The second-order valence-electron chi connectivity index (χ2n) is 6.25. The van der Waals surface area contributed by atoms with E-state index >= 15 is 0 Å². The van der Waals surface area contributed by atoms with Gasteiger partial charge < -0.3 is 5.32 Å². The van der Waals surface area contributed by atoms with Crippen molar-refractivity contribution >= 4 is 27.5 Å². The molecule has 0 bridgehead atoms. The Bertz CT molecular complexity index is 842. The number of aromatic nitrogens is 4. The number of rotatable bonds is 7. The first-order valence-corrected chi connectivity index (χ1v) is 9.11. The average Bonchev–Trinajstić information content (AvgIpc) is 3.01. The monoisotopic (exact) mass is 426 g/mol. The number of amides is 1. The molecule has 0 aliphatic carbocycles. The number of hydrogen-bond donors (Lipinski definition) is 1. The van der Waals surface area contributed by atoms with Crippen LogP contribution in [0.15, 0.2) is 4.47 Å². The predicted molar refractivity (Wildman–Crippen MR) is 100 cm³/mol. The van der Waals surface area contributed by atoms with Crippen LogP contribution in [0.3, 0.4) is 0 Å². The molecule has 0 fully saturated rings. The van der Waals surface area contributed by atoms with Gasteiger partial charge in [-0.3, -0.25) is 24.3 Å². The first-order chi connectivity index (χ1) is 12.1. The molecule has 2 aromatic rings. The predicted octanol–water partition coefficient (Wildman–Crippen LogP) is 2.75.